The van der Waals surface area contributed by atoms with Crippen LogP contribution in [0.25, 0.3) is 11.1 Å². The predicted octanol–water partition coefficient (Wildman–Crippen LogP) is 4.62. The number of unbranched alkanes of at least 4 members (excludes halogenated alkanes) is 3. The molecular formula is C46H51N5O10. The molecule has 320 valence electrons. The van der Waals surface area contributed by atoms with Crippen molar-refractivity contribution in [2.75, 3.05) is 40.5 Å². The molecule has 6 rings (SSSR count). The highest BCUT2D eigenvalue weighted by molar-refractivity contribution is 6.24. The minimum absolute atomic E-state index is 0.0111. The molecule has 1 unspecified atom stereocenters. The molecule has 15 heteroatoms. The van der Waals surface area contributed by atoms with Crippen molar-refractivity contribution < 1.29 is 47.7 Å². The molecule has 4 aromatic carbocycles. The Hall–Kier alpha value is -6.74. The van der Waals surface area contributed by atoms with Crippen molar-refractivity contribution in [1.29, 1.82) is 0 Å². The third kappa shape index (κ3) is 11.1. The summed E-state index contributed by atoms with van der Waals surface area (Å²) >= 11 is 0. The van der Waals surface area contributed by atoms with Gasteiger partial charge in [-0.15, -0.1) is 0 Å². The van der Waals surface area contributed by atoms with E-state index in [2.05, 4.69) is 58.5 Å². The van der Waals surface area contributed by atoms with Gasteiger partial charge in [0.1, 0.15) is 35.6 Å². The van der Waals surface area contributed by atoms with Crippen LogP contribution in [0.2, 0.25) is 0 Å². The second kappa shape index (κ2) is 21.0. The van der Waals surface area contributed by atoms with Gasteiger partial charge in [0.2, 0.25) is 17.7 Å². The fourth-order valence-electron chi connectivity index (χ4n) is 7.36. The first-order chi connectivity index (χ1) is 29.6. The number of rotatable bonds is 21. The number of ether oxygens (including phenoxy) is 4. The van der Waals surface area contributed by atoms with E-state index in [-0.39, 0.29) is 48.8 Å². The van der Waals surface area contributed by atoms with Crippen LogP contribution in [0.4, 0.5) is 0 Å². The first-order valence-electron chi connectivity index (χ1n) is 20.3. The lowest BCUT2D eigenvalue weighted by Crippen LogP contribution is -2.54. The van der Waals surface area contributed by atoms with Crippen molar-refractivity contribution in [3.8, 4) is 34.1 Å². The quantitative estimate of drug-likeness (QED) is 0.0677. The number of nitrogens with one attached hydrogen (secondary N) is 4. The zero-order chi connectivity index (χ0) is 43.3. The van der Waals surface area contributed by atoms with Crippen LogP contribution in [-0.2, 0) is 32.3 Å². The van der Waals surface area contributed by atoms with Gasteiger partial charge in [0, 0.05) is 38.2 Å². The van der Waals surface area contributed by atoms with E-state index >= 15 is 0 Å². The van der Waals surface area contributed by atoms with Gasteiger partial charge in [0.25, 0.3) is 17.7 Å². The fraction of sp³-hybridized carbons (Fsp3) is 0.348. The van der Waals surface area contributed by atoms with Crippen molar-refractivity contribution in [3.63, 3.8) is 0 Å². The number of aryl methyl sites for hydroxylation is 1. The van der Waals surface area contributed by atoms with Gasteiger partial charge in [-0.25, -0.2) is 0 Å². The third-order valence-corrected chi connectivity index (χ3v) is 10.5. The molecule has 1 fully saturated rings. The zero-order valence-corrected chi connectivity index (χ0v) is 34.6. The molecule has 1 atom stereocenters. The third-order valence-electron chi connectivity index (χ3n) is 10.5. The van der Waals surface area contributed by atoms with Crippen molar-refractivity contribution in [3.05, 3.63) is 107 Å². The van der Waals surface area contributed by atoms with E-state index in [4.69, 9.17) is 18.9 Å². The predicted molar refractivity (Wildman–Crippen MR) is 225 cm³/mol. The minimum Gasteiger partial charge on any atom is -0.496 e. The summed E-state index contributed by atoms with van der Waals surface area (Å²) < 4.78 is 23.1. The van der Waals surface area contributed by atoms with Crippen LogP contribution in [0.3, 0.4) is 0 Å². The number of hydrogen-bond acceptors (Lipinski definition) is 11. The highest BCUT2D eigenvalue weighted by Gasteiger charge is 2.46. The molecule has 4 aromatic rings. The minimum atomic E-state index is -1.10. The van der Waals surface area contributed by atoms with E-state index in [1.165, 1.54) is 29.3 Å². The van der Waals surface area contributed by atoms with Crippen LogP contribution in [0.15, 0.2) is 78.9 Å². The molecule has 0 bridgehead atoms. The number of hydrogen-bond donors (Lipinski definition) is 4. The lowest BCUT2D eigenvalue weighted by Gasteiger charge is -2.27. The van der Waals surface area contributed by atoms with Crippen LogP contribution >= 0.6 is 0 Å². The second-order valence-electron chi connectivity index (χ2n) is 14.7. The van der Waals surface area contributed by atoms with Crippen LogP contribution in [0.5, 0.6) is 23.0 Å². The molecule has 2 heterocycles. The van der Waals surface area contributed by atoms with Crippen LogP contribution in [-0.4, -0.2) is 86.8 Å². The zero-order valence-electron chi connectivity index (χ0n) is 34.6. The smallest absolute Gasteiger partial charge is 0.266 e. The van der Waals surface area contributed by atoms with Gasteiger partial charge in [0.05, 0.1) is 37.5 Å². The number of imide groups is 2. The maximum absolute atomic E-state index is 13.2. The molecule has 2 aliphatic heterocycles. The summed E-state index contributed by atoms with van der Waals surface area (Å²) in [6.45, 7) is 3.45. The Bertz CT molecular complexity index is 2240. The van der Waals surface area contributed by atoms with E-state index < -0.39 is 35.6 Å². The molecule has 6 amide bonds. The number of benzene rings is 4. The van der Waals surface area contributed by atoms with Crippen LogP contribution in [0.1, 0.15) is 75.9 Å². The molecule has 4 N–H and O–H groups in total. The topological polar surface area (TPSA) is 191 Å². The molecule has 0 aliphatic carbocycles. The molecule has 0 aromatic heterocycles. The largest absolute Gasteiger partial charge is 0.496 e. The van der Waals surface area contributed by atoms with E-state index in [1.54, 1.807) is 14.2 Å². The summed E-state index contributed by atoms with van der Waals surface area (Å²) in [6, 6.07) is 23.6. The average molecular weight is 834 g/mol. The molecule has 0 saturated carbocycles. The summed E-state index contributed by atoms with van der Waals surface area (Å²) in [6.07, 6.45) is 3.20. The first kappa shape index (κ1) is 43.8. The lowest BCUT2D eigenvalue weighted by atomic mass is 9.99. The average Bonchev–Trinajstić information content (AvgIpc) is 3.52. The Morgan fingerprint density at radius 1 is 0.754 bits per heavy atom. The lowest BCUT2D eigenvalue weighted by molar-refractivity contribution is -0.136. The summed E-state index contributed by atoms with van der Waals surface area (Å²) in [4.78, 5) is 76.0. The Morgan fingerprint density at radius 3 is 2.13 bits per heavy atom. The van der Waals surface area contributed by atoms with Crippen molar-refractivity contribution in [1.82, 2.24) is 26.2 Å². The van der Waals surface area contributed by atoms with E-state index in [1.807, 2.05) is 30.3 Å². The highest BCUT2D eigenvalue weighted by Crippen LogP contribution is 2.36. The molecule has 2 aliphatic rings. The number of carbonyl (C=O) groups is 6. The van der Waals surface area contributed by atoms with Crippen LogP contribution in [0, 0.1) is 6.92 Å². The number of carbonyl (C=O) groups excluding carboxylic acids is 6. The maximum Gasteiger partial charge on any atom is 0.266 e. The maximum atomic E-state index is 13.2. The Labute approximate surface area is 354 Å². The van der Waals surface area contributed by atoms with Gasteiger partial charge in [0.15, 0.2) is 6.61 Å². The van der Waals surface area contributed by atoms with Gasteiger partial charge in [-0.05, 0) is 60.6 Å². The Morgan fingerprint density at radius 2 is 1.46 bits per heavy atom. The Balaban J connectivity index is 0.845. The van der Waals surface area contributed by atoms with Crippen LogP contribution < -0.4 is 40.2 Å². The summed E-state index contributed by atoms with van der Waals surface area (Å²) in [5, 5.41) is 11.0. The first-order valence-corrected chi connectivity index (χ1v) is 20.3. The summed E-state index contributed by atoms with van der Waals surface area (Å²) in [7, 11) is 3.16. The number of nitrogens with zero attached hydrogens (tertiary/aromatic N) is 1. The van der Waals surface area contributed by atoms with Gasteiger partial charge < -0.3 is 34.9 Å². The van der Waals surface area contributed by atoms with Gasteiger partial charge in [-0.1, -0.05) is 67.4 Å². The number of methoxy groups -OCH3 is 2. The number of fused-ring (bicyclic) bond motifs is 1. The summed E-state index contributed by atoms with van der Waals surface area (Å²) in [5.74, 6) is -1.25. The molecule has 0 spiro atoms. The van der Waals surface area contributed by atoms with Gasteiger partial charge in [-0.2, -0.15) is 0 Å². The van der Waals surface area contributed by atoms with Crippen molar-refractivity contribution in [2.45, 2.75) is 64.6 Å². The van der Waals surface area contributed by atoms with Crippen molar-refractivity contribution >= 4 is 35.4 Å². The number of piperidine rings is 1. The van der Waals surface area contributed by atoms with E-state index in [9.17, 15) is 28.8 Å². The Kier molecular flexibility index (Phi) is 15.1. The molecule has 61 heavy (non-hydrogen) atoms. The molecular weight excluding hydrogens is 783 g/mol. The SMILES string of the molecule is COc1cc(OCc2ccc(-c3ccccc3)c(C)c2)cc(OC)c1CNCC(=O)NCCCCCCNC(=O)COc1cccc2c1C(=O)N(C1CCC(=O)NC1=O)C2=O. The molecule has 0 radical (unpaired) electrons. The highest BCUT2D eigenvalue weighted by atomic mass is 16.5. The van der Waals surface area contributed by atoms with Gasteiger partial charge >= 0.3 is 0 Å². The molecule has 15 nitrogen and oxygen atoms in total. The fourth-order valence-corrected chi connectivity index (χ4v) is 7.36. The monoisotopic (exact) mass is 833 g/mol. The number of amides is 6. The van der Waals surface area contributed by atoms with Gasteiger partial charge in [-0.3, -0.25) is 39.0 Å². The second-order valence-corrected chi connectivity index (χ2v) is 14.7. The summed E-state index contributed by atoms with van der Waals surface area (Å²) in [5.41, 5.74) is 5.37. The normalized spacial score (nSPS) is 14.6. The molecule has 1 saturated heterocycles. The van der Waals surface area contributed by atoms with Crippen molar-refractivity contribution in [2.24, 2.45) is 0 Å². The van der Waals surface area contributed by atoms with E-state index in [0.29, 0.717) is 49.9 Å². The standard InChI is InChI=1S/C46H51N5O10/c1-29-22-30(16-17-33(29)31-12-7-6-8-13-31)27-60-32-23-38(58-2)35(39(24-32)59-3)25-47-26-41(53)48-20-9-4-5-10-21-49-42(54)28-61-37-15-11-14-34-43(37)46(57)51(45(34)56)36-18-19-40(52)50-44(36)55/h6-8,11-17,22-24,36,47H,4-5,9-10,18-21,25-28H2,1-3H3,(H,48,53)(H,49,54)(H,50,52,55). The van der Waals surface area contributed by atoms with E-state index in [0.717, 1.165) is 40.9 Å².